The molecule has 2 N–H and O–H groups in total. The first-order valence-corrected chi connectivity index (χ1v) is 6.94. The van der Waals surface area contributed by atoms with Gasteiger partial charge in [0.05, 0.1) is 12.5 Å². The maximum absolute atomic E-state index is 12.4. The number of nitrogens with zero attached hydrogens (tertiary/aromatic N) is 2. The van der Waals surface area contributed by atoms with Gasteiger partial charge >= 0.3 is 0 Å². The molecule has 22 heavy (non-hydrogen) atoms. The Hall–Kier alpha value is -1.56. The van der Waals surface area contributed by atoms with Crippen LogP contribution in [0.4, 0.5) is 0 Å². The second-order valence-electron chi connectivity index (χ2n) is 5.00. The molecule has 1 saturated heterocycles. The van der Waals surface area contributed by atoms with Crippen molar-refractivity contribution in [3.63, 3.8) is 0 Å². The summed E-state index contributed by atoms with van der Waals surface area (Å²) in [5.74, 6) is -0.0694. The fraction of sp³-hybridized carbons (Fsp3) is 0.333. The summed E-state index contributed by atoms with van der Waals surface area (Å²) in [6, 6.07) is 9.97. The van der Waals surface area contributed by atoms with Gasteiger partial charge in [0.15, 0.2) is 0 Å². The van der Waals surface area contributed by atoms with Crippen LogP contribution in [0.2, 0.25) is 0 Å². The zero-order chi connectivity index (χ0) is 13.8. The molecule has 120 valence electrons. The van der Waals surface area contributed by atoms with Gasteiger partial charge in [-0.1, -0.05) is 18.2 Å². The van der Waals surface area contributed by atoms with E-state index in [1.54, 1.807) is 12.5 Å². The Kier molecular flexibility index (Phi) is 7.38. The number of para-hydroxylation sites is 1. The Morgan fingerprint density at radius 2 is 2.05 bits per heavy atom. The van der Waals surface area contributed by atoms with E-state index >= 15 is 0 Å². The second kappa shape index (κ2) is 8.78. The highest BCUT2D eigenvalue weighted by molar-refractivity contribution is 5.93. The van der Waals surface area contributed by atoms with E-state index in [-0.39, 0.29) is 36.8 Å². The molecule has 7 heteroatoms. The van der Waals surface area contributed by atoms with Gasteiger partial charge in [0.2, 0.25) is 0 Å². The summed E-state index contributed by atoms with van der Waals surface area (Å²) in [5.41, 5.74) is 1.51. The summed E-state index contributed by atoms with van der Waals surface area (Å²) >= 11 is 0. The summed E-state index contributed by atoms with van der Waals surface area (Å²) in [7, 11) is 0. The van der Waals surface area contributed by atoms with Crippen molar-refractivity contribution in [1.29, 1.82) is 0 Å². The Labute approximate surface area is 142 Å². The number of hydrogen-bond acceptors (Lipinski definition) is 3. The van der Waals surface area contributed by atoms with Crippen LogP contribution < -0.4 is 10.6 Å². The number of nitrogens with one attached hydrogen (secondary N) is 2. The Morgan fingerprint density at radius 3 is 2.73 bits per heavy atom. The Balaban J connectivity index is 0.00000121. The summed E-state index contributed by atoms with van der Waals surface area (Å²) in [4.78, 5) is 16.5. The predicted molar refractivity (Wildman–Crippen MR) is 91.4 cm³/mol. The smallest absolute Gasteiger partial charge is 0.270 e. The van der Waals surface area contributed by atoms with Gasteiger partial charge in [-0.2, -0.15) is 0 Å². The number of piperidine rings is 1. The molecular weight excluding hydrogens is 323 g/mol. The molecular formula is C15H20Cl2N4O. The third-order valence-electron chi connectivity index (χ3n) is 3.54. The van der Waals surface area contributed by atoms with Crippen LogP contribution in [0.1, 0.15) is 23.3 Å². The topological polar surface area (TPSA) is 59.0 Å². The molecule has 1 fully saturated rings. The van der Waals surface area contributed by atoms with Crippen molar-refractivity contribution >= 4 is 30.7 Å². The summed E-state index contributed by atoms with van der Waals surface area (Å²) in [6.07, 6.45) is 5.41. The number of hydrogen-bond donors (Lipinski definition) is 2. The van der Waals surface area contributed by atoms with Crippen LogP contribution in [0.3, 0.4) is 0 Å². The molecule has 1 aliphatic rings. The van der Waals surface area contributed by atoms with Gasteiger partial charge in [0.1, 0.15) is 5.69 Å². The third kappa shape index (κ3) is 4.22. The molecule has 1 aromatic carbocycles. The molecule has 1 atom stereocenters. The van der Waals surface area contributed by atoms with Crippen LogP contribution in [0, 0.1) is 0 Å². The highest BCUT2D eigenvalue weighted by atomic mass is 35.5. The fourth-order valence-electron chi connectivity index (χ4n) is 2.49. The normalized spacial score (nSPS) is 17.0. The molecule has 0 aliphatic carbocycles. The van der Waals surface area contributed by atoms with Gasteiger partial charge in [-0.15, -0.1) is 24.8 Å². The average molecular weight is 343 g/mol. The first-order chi connectivity index (χ1) is 9.84. The molecule has 0 spiro atoms. The van der Waals surface area contributed by atoms with Crippen molar-refractivity contribution in [3.05, 3.63) is 48.5 Å². The predicted octanol–water partition coefficient (Wildman–Crippen LogP) is 2.20. The van der Waals surface area contributed by atoms with Crippen LogP contribution in [0.25, 0.3) is 5.69 Å². The van der Waals surface area contributed by atoms with Gasteiger partial charge in [-0.3, -0.25) is 9.36 Å². The molecule has 1 aromatic heterocycles. The molecule has 0 saturated carbocycles. The van der Waals surface area contributed by atoms with Crippen LogP contribution in [0.15, 0.2) is 42.9 Å². The summed E-state index contributed by atoms with van der Waals surface area (Å²) < 4.78 is 1.81. The number of carbonyl (C=O) groups is 1. The molecule has 2 aromatic rings. The first kappa shape index (κ1) is 18.5. The number of aromatic nitrogens is 2. The number of halogens is 2. The maximum atomic E-state index is 12.4. The molecule has 2 heterocycles. The minimum Gasteiger partial charge on any atom is -0.347 e. The Morgan fingerprint density at radius 1 is 1.27 bits per heavy atom. The lowest BCUT2D eigenvalue weighted by Gasteiger charge is -2.23. The molecule has 1 unspecified atom stereocenters. The van der Waals surface area contributed by atoms with Crippen molar-refractivity contribution in [2.45, 2.75) is 18.9 Å². The maximum Gasteiger partial charge on any atom is 0.270 e. The molecule has 0 radical (unpaired) electrons. The SMILES string of the molecule is Cl.Cl.O=C(NC1CCCNC1)c1cncn1-c1ccccc1. The van der Waals surface area contributed by atoms with Crippen molar-refractivity contribution in [1.82, 2.24) is 20.2 Å². The Bertz CT molecular complexity index is 582. The van der Waals surface area contributed by atoms with Crippen LogP contribution in [-0.4, -0.2) is 34.6 Å². The summed E-state index contributed by atoms with van der Waals surface area (Å²) in [5, 5.41) is 6.36. The molecule has 5 nitrogen and oxygen atoms in total. The quantitative estimate of drug-likeness (QED) is 0.898. The largest absolute Gasteiger partial charge is 0.347 e. The minimum absolute atomic E-state index is 0. The van der Waals surface area contributed by atoms with E-state index in [0.29, 0.717) is 5.69 Å². The van der Waals surface area contributed by atoms with E-state index in [4.69, 9.17) is 0 Å². The number of imidazole rings is 1. The molecule has 0 bridgehead atoms. The lowest BCUT2D eigenvalue weighted by molar-refractivity contribution is 0.0923. The number of benzene rings is 1. The van der Waals surface area contributed by atoms with Crippen molar-refractivity contribution < 1.29 is 4.79 Å². The van der Waals surface area contributed by atoms with Crippen LogP contribution in [0.5, 0.6) is 0 Å². The average Bonchev–Trinajstić information content (AvgIpc) is 2.99. The van der Waals surface area contributed by atoms with Crippen LogP contribution in [-0.2, 0) is 0 Å². The fourth-order valence-corrected chi connectivity index (χ4v) is 2.49. The zero-order valence-electron chi connectivity index (χ0n) is 12.1. The number of amides is 1. The zero-order valence-corrected chi connectivity index (χ0v) is 13.7. The van der Waals surface area contributed by atoms with Crippen LogP contribution >= 0.6 is 24.8 Å². The van der Waals surface area contributed by atoms with Gasteiger partial charge < -0.3 is 10.6 Å². The molecule has 3 rings (SSSR count). The van der Waals surface area contributed by atoms with Crippen molar-refractivity contribution in [2.75, 3.05) is 13.1 Å². The first-order valence-electron chi connectivity index (χ1n) is 6.94. The van der Waals surface area contributed by atoms with Gasteiger partial charge in [-0.05, 0) is 31.5 Å². The molecule has 1 aliphatic heterocycles. The van der Waals surface area contributed by atoms with Crippen molar-refractivity contribution in [3.8, 4) is 5.69 Å². The lowest BCUT2D eigenvalue weighted by Crippen LogP contribution is -2.45. The standard InChI is InChI=1S/C15H18N4O.2ClH/c20-15(18-12-5-4-8-16-9-12)14-10-17-11-19(14)13-6-2-1-3-7-13;;/h1-3,6-7,10-12,16H,4-5,8-9H2,(H,18,20);2*1H. The van der Waals surface area contributed by atoms with Crippen molar-refractivity contribution in [2.24, 2.45) is 0 Å². The van der Waals surface area contributed by atoms with E-state index in [9.17, 15) is 4.79 Å². The van der Waals surface area contributed by atoms with E-state index in [1.165, 1.54) is 0 Å². The van der Waals surface area contributed by atoms with E-state index in [0.717, 1.165) is 31.6 Å². The number of carbonyl (C=O) groups excluding carboxylic acids is 1. The van der Waals surface area contributed by atoms with Gasteiger partial charge in [0.25, 0.3) is 5.91 Å². The molecule has 1 amide bonds. The van der Waals surface area contributed by atoms with E-state index < -0.39 is 0 Å². The second-order valence-corrected chi connectivity index (χ2v) is 5.00. The lowest BCUT2D eigenvalue weighted by atomic mass is 10.1. The third-order valence-corrected chi connectivity index (χ3v) is 3.54. The monoisotopic (exact) mass is 342 g/mol. The van der Waals surface area contributed by atoms with Gasteiger partial charge in [0, 0.05) is 18.3 Å². The minimum atomic E-state index is -0.0694. The van der Waals surface area contributed by atoms with E-state index in [1.807, 2.05) is 34.9 Å². The van der Waals surface area contributed by atoms with E-state index in [2.05, 4.69) is 15.6 Å². The summed E-state index contributed by atoms with van der Waals surface area (Å²) in [6.45, 7) is 1.87. The van der Waals surface area contributed by atoms with Gasteiger partial charge in [-0.25, -0.2) is 4.98 Å². The highest BCUT2D eigenvalue weighted by Gasteiger charge is 2.19. The highest BCUT2D eigenvalue weighted by Crippen LogP contribution is 2.11. The number of rotatable bonds is 3.